The summed E-state index contributed by atoms with van der Waals surface area (Å²) in [5.74, 6) is -0.721. The van der Waals surface area contributed by atoms with Gasteiger partial charge in [0.2, 0.25) is 0 Å². The van der Waals surface area contributed by atoms with Crippen LogP contribution in [-0.2, 0) is 16.1 Å². The number of halogens is 1. The predicted octanol–water partition coefficient (Wildman–Crippen LogP) is 1.61. The van der Waals surface area contributed by atoms with Gasteiger partial charge in [0, 0.05) is 18.2 Å². The number of hydrogen-bond donors (Lipinski definition) is 1. The Morgan fingerprint density at radius 2 is 2.12 bits per heavy atom. The minimum absolute atomic E-state index is 0.118. The number of carbonyl (C=O) groups is 1. The summed E-state index contributed by atoms with van der Waals surface area (Å²) in [6.07, 6.45) is 0. The molecule has 0 aliphatic heterocycles. The fourth-order valence-corrected chi connectivity index (χ4v) is 1.34. The first-order valence-electron chi connectivity index (χ1n) is 5.16. The van der Waals surface area contributed by atoms with Crippen LogP contribution in [0.5, 0.6) is 5.75 Å². The van der Waals surface area contributed by atoms with Crippen molar-refractivity contribution in [2.45, 2.75) is 26.0 Å². The molecule has 0 radical (unpaired) electrons. The number of benzene rings is 1. The van der Waals surface area contributed by atoms with E-state index in [2.05, 4.69) is 4.74 Å². The molecule has 0 spiro atoms. The van der Waals surface area contributed by atoms with Crippen molar-refractivity contribution in [3.8, 4) is 5.75 Å². The molecule has 0 bridgehead atoms. The first kappa shape index (κ1) is 13.4. The summed E-state index contributed by atoms with van der Waals surface area (Å²) in [4.78, 5) is 11.4. The van der Waals surface area contributed by atoms with Crippen LogP contribution in [-0.4, -0.2) is 18.7 Å². The molecule has 0 saturated heterocycles. The molecule has 0 fully saturated rings. The largest absolute Gasteiger partial charge is 0.476 e. The van der Waals surface area contributed by atoms with Crippen molar-refractivity contribution < 1.29 is 18.7 Å². The Balaban J connectivity index is 2.89. The number of hydrogen-bond acceptors (Lipinski definition) is 4. The molecule has 5 heteroatoms. The first-order valence-corrected chi connectivity index (χ1v) is 5.16. The highest BCUT2D eigenvalue weighted by atomic mass is 19.1. The van der Waals surface area contributed by atoms with Gasteiger partial charge in [-0.05, 0) is 19.9 Å². The van der Waals surface area contributed by atoms with E-state index in [1.54, 1.807) is 19.9 Å². The van der Waals surface area contributed by atoms with Gasteiger partial charge in [0.05, 0.1) is 7.11 Å². The molecule has 94 valence electrons. The summed E-state index contributed by atoms with van der Waals surface area (Å²) < 4.78 is 23.4. The van der Waals surface area contributed by atoms with Gasteiger partial charge in [0.25, 0.3) is 0 Å². The number of ether oxygens (including phenoxy) is 2. The minimum Gasteiger partial charge on any atom is -0.476 e. The molecule has 1 aromatic carbocycles. The number of rotatable bonds is 4. The second kappa shape index (κ2) is 5.14. The molecule has 0 aliphatic rings. The molecular weight excluding hydrogens is 225 g/mol. The highest BCUT2D eigenvalue weighted by molar-refractivity contribution is 5.78. The van der Waals surface area contributed by atoms with Crippen molar-refractivity contribution in [1.82, 2.24) is 0 Å². The van der Waals surface area contributed by atoms with Crippen molar-refractivity contribution >= 4 is 5.97 Å². The molecule has 0 aliphatic carbocycles. The zero-order valence-corrected chi connectivity index (χ0v) is 10.1. The van der Waals surface area contributed by atoms with Crippen LogP contribution in [0.25, 0.3) is 0 Å². The lowest BCUT2D eigenvalue weighted by molar-refractivity contribution is -0.156. The lowest BCUT2D eigenvalue weighted by Gasteiger charge is -2.23. The highest BCUT2D eigenvalue weighted by Gasteiger charge is 2.31. The molecular formula is C12H16FNO3. The van der Waals surface area contributed by atoms with Gasteiger partial charge in [-0.25, -0.2) is 9.18 Å². The van der Waals surface area contributed by atoms with E-state index < -0.39 is 17.4 Å². The third-order valence-corrected chi connectivity index (χ3v) is 2.29. The van der Waals surface area contributed by atoms with E-state index in [4.69, 9.17) is 10.5 Å². The van der Waals surface area contributed by atoms with Crippen LogP contribution in [0.2, 0.25) is 0 Å². The van der Waals surface area contributed by atoms with Crippen LogP contribution in [0.15, 0.2) is 18.2 Å². The minimum atomic E-state index is -1.16. The van der Waals surface area contributed by atoms with Crippen molar-refractivity contribution in [1.29, 1.82) is 0 Å². The van der Waals surface area contributed by atoms with Crippen LogP contribution in [0.4, 0.5) is 4.39 Å². The lowest BCUT2D eigenvalue weighted by atomic mass is 10.1. The van der Waals surface area contributed by atoms with E-state index in [9.17, 15) is 9.18 Å². The highest BCUT2D eigenvalue weighted by Crippen LogP contribution is 2.22. The molecule has 4 nitrogen and oxygen atoms in total. The molecule has 1 aromatic rings. The van der Waals surface area contributed by atoms with E-state index in [1.807, 2.05) is 0 Å². The van der Waals surface area contributed by atoms with Crippen LogP contribution in [0, 0.1) is 5.82 Å². The zero-order chi connectivity index (χ0) is 13.1. The number of carbonyl (C=O) groups excluding carboxylic acids is 1. The maximum Gasteiger partial charge on any atom is 0.349 e. The molecule has 0 saturated carbocycles. The summed E-state index contributed by atoms with van der Waals surface area (Å²) in [5.41, 5.74) is 4.58. The summed E-state index contributed by atoms with van der Waals surface area (Å²) in [5, 5.41) is 0. The van der Waals surface area contributed by atoms with Gasteiger partial charge >= 0.3 is 5.97 Å². The fourth-order valence-electron chi connectivity index (χ4n) is 1.34. The number of esters is 1. The Labute approximate surface area is 99.5 Å². The normalized spacial score (nSPS) is 11.1. The monoisotopic (exact) mass is 241 g/mol. The van der Waals surface area contributed by atoms with Gasteiger partial charge in [-0.15, -0.1) is 0 Å². The van der Waals surface area contributed by atoms with E-state index in [0.717, 1.165) is 0 Å². The molecule has 0 atom stereocenters. The van der Waals surface area contributed by atoms with Crippen molar-refractivity contribution in [2.75, 3.05) is 7.11 Å². The van der Waals surface area contributed by atoms with E-state index >= 15 is 0 Å². The summed E-state index contributed by atoms with van der Waals surface area (Å²) in [7, 11) is 1.27. The summed E-state index contributed by atoms with van der Waals surface area (Å²) >= 11 is 0. The quantitative estimate of drug-likeness (QED) is 0.813. The smallest absolute Gasteiger partial charge is 0.349 e. The first-order chi connectivity index (χ1) is 7.90. The molecule has 0 aromatic heterocycles. The van der Waals surface area contributed by atoms with Gasteiger partial charge in [-0.1, -0.05) is 6.07 Å². The van der Waals surface area contributed by atoms with Crippen LogP contribution in [0.3, 0.4) is 0 Å². The average molecular weight is 241 g/mol. The predicted molar refractivity (Wildman–Crippen MR) is 61.0 cm³/mol. The molecule has 0 unspecified atom stereocenters. The second-order valence-corrected chi connectivity index (χ2v) is 4.06. The molecule has 2 N–H and O–H groups in total. The van der Waals surface area contributed by atoms with Gasteiger partial charge in [0.15, 0.2) is 5.60 Å². The maximum atomic E-state index is 13.4. The van der Waals surface area contributed by atoms with Gasteiger partial charge in [-0.3, -0.25) is 0 Å². The third kappa shape index (κ3) is 3.17. The van der Waals surface area contributed by atoms with E-state index in [1.165, 1.54) is 19.2 Å². The topological polar surface area (TPSA) is 61.5 Å². The zero-order valence-electron chi connectivity index (χ0n) is 10.1. The molecule has 0 amide bonds. The Morgan fingerprint density at radius 1 is 1.47 bits per heavy atom. The van der Waals surface area contributed by atoms with Crippen LogP contribution in [0.1, 0.15) is 19.4 Å². The van der Waals surface area contributed by atoms with Crippen LogP contribution >= 0.6 is 0 Å². The number of methoxy groups -OCH3 is 1. The number of nitrogens with two attached hydrogens (primary N) is 1. The van der Waals surface area contributed by atoms with E-state index in [-0.39, 0.29) is 12.3 Å². The average Bonchev–Trinajstić information content (AvgIpc) is 2.27. The Bertz CT molecular complexity index is 418. The molecule has 0 heterocycles. The van der Waals surface area contributed by atoms with E-state index in [0.29, 0.717) is 5.56 Å². The summed E-state index contributed by atoms with van der Waals surface area (Å²) in [6.45, 7) is 3.22. The third-order valence-electron chi connectivity index (χ3n) is 2.29. The van der Waals surface area contributed by atoms with Crippen molar-refractivity contribution in [3.63, 3.8) is 0 Å². The van der Waals surface area contributed by atoms with Crippen molar-refractivity contribution in [2.24, 2.45) is 5.73 Å². The SMILES string of the molecule is COC(=O)C(C)(C)Oc1ccc(CN)c(F)c1. The fraction of sp³-hybridized carbons (Fsp3) is 0.417. The lowest BCUT2D eigenvalue weighted by Crippen LogP contribution is -2.39. The van der Waals surface area contributed by atoms with Gasteiger partial charge in [-0.2, -0.15) is 0 Å². The van der Waals surface area contributed by atoms with Gasteiger partial charge < -0.3 is 15.2 Å². The molecule has 17 heavy (non-hydrogen) atoms. The Kier molecular flexibility index (Phi) is 4.07. The Morgan fingerprint density at radius 3 is 2.59 bits per heavy atom. The second-order valence-electron chi connectivity index (χ2n) is 4.06. The summed E-state index contributed by atoms with van der Waals surface area (Å²) in [6, 6.07) is 4.29. The maximum absolute atomic E-state index is 13.4. The molecule has 1 rings (SSSR count). The van der Waals surface area contributed by atoms with Gasteiger partial charge in [0.1, 0.15) is 11.6 Å². The van der Waals surface area contributed by atoms with Crippen LogP contribution < -0.4 is 10.5 Å². The van der Waals surface area contributed by atoms with Crippen molar-refractivity contribution in [3.05, 3.63) is 29.6 Å². The standard InChI is InChI=1S/C12H16FNO3/c1-12(2,11(15)16-3)17-9-5-4-8(7-14)10(13)6-9/h4-6H,7,14H2,1-3H3. The Hall–Kier alpha value is -1.62.